The summed E-state index contributed by atoms with van der Waals surface area (Å²) in [5.41, 5.74) is 2.68. The average molecular weight is 713 g/mol. The van der Waals surface area contributed by atoms with Gasteiger partial charge in [-0.2, -0.15) is 0 Å². The standard InChI is InChI=1S/C36H39Cl2N3O4S2/c1-4-5-21-39-36(43)34(22-27-9-7-6-8-10-27)40(24-28-13-14-29(37)23-33(28)38)35(42)25-41(30-15-11-26(2)12-16-30)47(44,45)32-19-17-31(46-3)18-20-32/h6-20,23,34H,4-5,21-22,24-25H2,1-3H3,(H,39,43)/t34-/m1/s1. The second kappa shape index (κ2) is 17.1. The number of thioether (sulfide) groups is 1. The fourth-order valence-electron chi connectivity index (χ4n) is 5.01. The van der Waals surface area contributed by atoms with E-state index in [9.17, 15) is 18.0 Å². The molecule has 0 aliphatic rings. The largest absolute Gasteiger partial charge is 0.354 e. The van der Waals surface area contributed by atoms with Crippen molar-refractivity contribution >= 4 is 62.5 Å². The Balaban J connectivity index is 1.80. The Hall–Kier alpha value is -3.50. The molecule has 0 fully saturated rings. The number of nitrogens with zero attached hydrogens (tertiary/aromatic N) is 2. The molecule has 4 rings (SSSR count). The first-order chi connectivity index (χ1) is 22.5. The third-order valence-corrected chi connectivity index (χ3v) is 10.8. The lowest BCUT2D eigenvalue weighted by Crippen LogP contribution is -2.53. The second-order valence-corrected chi connectivity index (χ2v) is 14.7. The van der Waals surface area contributed by atoms with Crippen molar-refractivity contribution in [1.82, 2.24) is 10.2 Å². The highest BCUT2D eigenvalue weighted by Crippen LogP contribution is 2.28. The number of halogens is 2. The van der Waals surface area contributed by atoms with Crippen molar-refractivity contribution in [2.45, 2.75) is 55.5 Å². The minimum atomic E-state index is -4.20. The Morgan fingerprint density at radius 2 is 1.60 bits per heavy atom. The van der Waals surface area contributed by atoms with Gasteiger partial charge in [0.25, 0.3) is 10.0 Å². The van der Waals surface area contributed by atoms with Crippen LogP contribution in [-0.4, -0.2) is 50.5 Å². The van der Waals surface area contributed by atoms with Crippen molar-refractivity contribution in [3.63, 3.8) is 0 Å². The summed E-state index contributed by atoms with van der Waals surface area (Å²) in [7, 11) is -4.20. The molecule has 1 N–H and O–H groups in total. The van der Waals surface area contributed by atoms with E-state index < -0.39 is 28.5 Å². The smallest absolute Gasteiger partial charge is 0.264 e. The molecule has 0 aromatic heterocycles. The van der Waals surface area contributed by atoms with Gasteiger partial charge in [0.1, 0.15) is 12.6 Å². The summed E-state index contributed by atoms with van der Waals surface area (Å²) < 4.78 is 29.6. The lowest BCUT2D eigenvalue weighted by atomic mass is 10.0. The third-order valence-electron chi connectivity index (χ3n) is 7.70. The van der Waals surface area contributed by atoms with Crippen molar-refractivity contribution in [3.05, 3.63) is 124 Å². The molecule has 47 heavy (non-hydrogen) atoms. The molecule has 0 heterocycles. The molecule has 0 radical (unpaired) electrons. The quantitative estimate of drug-likeness (QED) is 0.101. The predicted octanol–water partition coefficient (Wildman–Crippen LogP) is 7.78. The Labute approximate surface area is 292 Å². The summed E-state index contributed by atoms with van der Waals surface area (Å²) in [6, 6.07) is 26.9. The molecule has 0 saturated heterocycles. The van der Waals surface area contributed by atoms with Crippen molar-refractivity contribution in [3.8, 4) is 0 Å². The van der Waals surface area contributed by atoms with Gasteiger partial charge < -0.3 is 10.2 Å². The fraction of sp³-hybridized carbons (Fsp3) is 0.278. The Morgan fingerprint density at radius 1 is 0.915 bits per heavy atom. The molecule has 2 amide bonds. The molecule has 1 atom stereocenters. The van der Waals surface area contributed by atoms with Crippen LogP contribution < -0.4 is 9.62 Å². The summed E-state index contributed by atoms with van der Waals surface area (Å²) in [4.78, 5) is 30.9. The lowest BCUT2D eigenvalue weighted by Gasteiger charge is -2.34. The molecule has 0 aliphatic carbocycles. The summed E-state index contributed by atoms with van der Waals surface area (Å²) >= 11 is 14.3. The van der Waals surface area contributed by atoms with Crippen LogP contribution in [0.25, 0.3) is 0 Å². The van der Waals surface area contributed by atoms with E-state index in [-0.39, 0.29) is 23.8 Å². The van der Waals surface area contributed by atoms with E-state index >= 15 is 0 Å². The number of anilines is 1. The first-order valence-corrected chi connectivity index (χ1v) is 18.7. The Bertz CT molecular complexity index is 1750. The first kappa shape index (κ1) is 36.3. The van der Waals surface area contributed by atoms with Gasteiger partial charge in [0, 0.05) is 34.5 Å². The first-order valence-electron chi connectivity index (χ1n) is 15.3. The number of rotatable bonds is 15. The number of amides is 2. The van der Waals surface area contributed by atoms with Crippen LogP contribution in [0.3, 0.4) is 0 Å². The number of carbonyl (C=O) groups is 2. The van der Waals surface area contributed by atoms with Gasteiger partial charge in [-0.3, -0.25) is 13.9 Å². The minimum Gasteiger partial charge on any atom is -0.354 e. The van der Waals surface area contributed by atoms with E-state index in [4.69, 9.17) is 23.2 Å². The topological polar surface area (TPSA) is 86.8 Å². The minimum absolute atomic E-state index is 0.0439. The maximum absolute atomic E-state index is 14.6. The Morgan fingerprint density at radius 3 is 2.21 bits per heavy atom. The number of unbranched alkanes of at least 4 members (excludes halogenated alkanes) is 1. The van der Waals surface area contributed by atoms with Gasteiger partial charge in [-0.1, -0.05) is 90.6 Å². The highest BCUT2D eigenvalue weighted by atomic mass is 35.5. The number of sulfonamides is 1. The van der Waals surface area contributed by atoms with Crippen LogP contribution in [0.2, 0.25) is 10.0 Å². The van der Waals surface area contributed by atoms with Gasteiger partial charge in [0.15, 0.2) is 0 Å². The molecule has 7 nitrogen and oxygen atoms in total. The van der Waals surface area contributed by atoms with Crippen molar-refractivity contribution in [2.24, 2.45) is 0 Å². The monoisotopic (exact) mass is 711 g/mol. The van der Waals surface area contributed by atoms with Crippen molar-refractivity contribution < 1.29 is 18.0 Å². The van der Waals surface area contributed by atoms with Crippen LogP contribution >= 0.6 is 35.0 Å². The zero-order valence-corrected chi connectivity index (χ0v) is 29.8. The molecule has 0 saturated carbocycles. The van der Waals surface area contributed by atoms with Crippen LogP contribution in [0, 0.1) is 6.92 Å². The molecule has 4 aromatic carbocycles. The SMILES string of the molecule is CCCCNC(=O)[C@@H](Cc1ccccc1)N(Cc1ccc(Cl)cc1Cl)C(=O)CN(c1ccc(C)cc1)S(=O)(=O)c1ccc(SC)cc1. The van der Waals surface area contributed by atoms with Crippen LogP contribution in [0.15, 0.2) is 107 Å². The van der Waals surface area contributed by atoms with E-state index in [2.05, 4.69) is 5.32 Å². The number of hydrogen-bond acceptors (Lipinski definition) is 5. The predicted molar refractivity (Wildman–Crippen MR) is 193 cm³/mol. The normalized spacial score (nSPS) is 11.9. The van der Waals surface area contributed by atoms with Gasteiger partial charge in [-0.15, -0.1) is 11.8 Å². The number of carbonyl (C=O) groups excluding carboxylic acids is 2. The molecule has 11 heteroatoms. The van der Waals surface area contributed by atoms with E-state index in [1.165, 1.54) is 28.8 Å². The zero-order chi connectivity index (χ0) is 34.0. The van der Waals surface area contributed by atoms with E-state index in [1.807, 2.05) is 50.4 Å². The van der Waals surface area contributed by atoms with E-state index in [1.54, 1.807) is 54.6 Å². The number of benzene rings is 4. The molecule has 0 unspecified atom stereocenters. The highest BCUT2D eigenvalue weighted by molar-refractivity contribution is 7.98. The van der Waals surface area contributed by atoms with E-state index in [0.717, 1.165) is 33.2 Å². The van der Waals surface area contributed by atoms with E-state index in [0.29, 0.717) is 27.8 Å². The number of aryl methyl sites for hydroxylation is 1. The molecule has 4 aromatic rings. The van der Waals surface area contributed by atoms with Gasteiger partial charge >= 0.3 is 0 Å². The van der Waals surface area contributed by atoms with Crippen LogP contribution in [0.5, 0.6) is 0 Å². The third kappa shape index (κ3) is 9.76. The molecular formula is C36H39Cl2N3O4S2. The summed E-state index contributed by atoms with van der Waals surface area (Å²) in [6.45, 7) is 3.78. The maximum atomic E-state index is 14.6. The zero-order valence-electron chi connectivity index (χ0n) is 26.7. The van der Waals surface area contributed by atoms with Gasteiger partial charge in [0.2, 0.25) is 11.8 Å². The lowest BCUT2D eigenvalue weighted by molar-refractivity contribution is -0.140. The molecular weight excluding hydrogens is 673 g/mol. The maximum Gasteiger partial charge on any atom is 0.264 e. The van der Waals surface area contributed by atoms with Crippen LogP contribution in [-0.2, 0) is 32.6 Å². The van der Waals surface area contributed by atoms with Crippen LogP contribution in [0.1, 0.15) is 36.5 Å². The summed E-state index contributed by atoms with van der Waals surface area (Å²) in [5.74, 6) is -0.898. The average Bonchev–Trinajstić information content (AvgIpc) is 3.07. The summed E-state index contributed by atoms with van der Waals surface area (Å²) in [5, 5.41) is 3.75. The second-order valence-electron chi connectivity index (χ2n) is 11.1. The molecule has 248 valence electrons. The van der Waals surface area contributed by atoms with Gasteiger partial charge in [-0.25, -0.2) is 8.42 Å². The number of hydrogen-bond donors (Lipinski definition) is 1. The highest BCUT2D eigenvalue weighted by Gasteiger charge is 2.35. The number of nitrogens with one attached hydrogen (secondary N) is 1. The van der Waals surface area contributed by atoms with Crippen molar-refractivity contribution in [2.75, 3.05) is 23.7 Å². The molecule has 0 aliphatic heterocycles. The van der Waals surface area contributed by atoms with Gasteiger partial charge in [-0.05, 0) is 79.3 Å². The van der Waals surface area contributed by atoms with Gasteiger partial charge in [0.05, 0.1) is 10.6 Å². The fourth-order valence-corrected chi connectivity index (χ4v) is 7.30. The van der Waals surface area contributed by atoms with Crippen LogP contribution in [0.4, 0.5) is 5.69 Å². The molecule has 0 spiro atoms. The molecule has 0 bridgehead atoms. The Kier molecular flexibility index (Phi) is 13.2. The van der Waals surface area contributed by atoms with Crippen molar-refractivity contribution in [1.29, 1.82) is 0 Å². The summed E-state index contributed by atoms with van der Waals surface area (Å²) in [6.07, 6.45) is 3.78.